The average molecular weight is 424 g/mol. The number of methoxy groups -OCH3 is 3. The highest BCUT2D eigenvalue weighted by Gasteiger charge is 2.20. The second-order valence-electron chi connectivity index (χ2n) is 6.39. The monoisotopic (exact) mass is 424 g/mol. The van der Waals surface area contributed by atoms with Crippen molar-refractivity contribution in [3.05, 3.63) is 46.8 Å². The van der Waals surface area contributed by atoms with Gasteiger partial charge in [0.05, 0.1) is 27.9 Å². The van der Waals surface area contributed by atoms with E-state index in [1.165, 1.54) is 21.3 Å². The molecule has 0 unspecified atom stereocenters. The molecule has 0 amide bonds. The molecule has 0 radical (unpaired) electrons. The molecule has 0 N–H and O–H groups in total. The van der Waals surface area contributed by atoms with Gasteiger partial charge in [-0.1, -0.05) is 17.3 Å². The smallest absolute Gasteiger partial charge is 0.349 e. The molecule has 9 heteroatoms. The van der Waals surface area contributed by atoms with E-state index in [1.807, 2.05) is 13.0 Å². The molecule has 0 saturated carbocycles. The van der Waals surface area contributed by atoms with Gasteiger partial charge in [-0.3, -0.25) is 0 Å². The zero-order chi connectivity index (χ0) is 22.0. The number of para-hydroxylation sites is 1. The molecular formula is C22H20N2O7. The standard InChI is InChI=1S/C22H20N2O7/c1-5-29-15-8-6-7-12-9-14(22(25)30-18(12)15)21-23-20(24-31-21)13-10-16(26-2)19(28-4)17(11-13)27-3/h6-11H,5H2,1-4H3. The van der Waals surface area contributed by atoms with Gasteiger partial charge < -0.3 is 27.9 Å². The molecule has 0 aliphatic rings. The van der Waals surface area contributed by atoms with Crippen LogP contribution < -0.4 is 24.6 Å². The fraction of sp³-hybridized carbons (Fsp3) is 0.227. The molecule has 0 atom stereocenters. The molecule has 160 valence electrons. The first-order valence-corrected chi connectivity index (χ1v) is 9.43. The molecule has 0 fully saturated rings. The lowest BCUT2D eigenvalue weighted by Gasteiger charge is -2.12. The van der Waals surface area contributed by atoms with Crippen LogP contribution in [0.15, 0.2) is 50.1 Å². The quantitative estimate of drug-likeness (QED) is 0.408. The van der Waals surface area contributed by atoms with Crippen molar-refractivity contribution in [3.63, 3.8) is 0 Å². The molecule has 2 aromatic heterocycles. The van der Waals surface area contributed by atoms with Gasteiger partial charge in [0, 0.05) is 10.9 Å². The first-order chi connectivity index (χ1) is 15.1. The van der Waals surface area contributed by atoms with E-state index in [0.717, 1.165) is 0 Å². The maximum atomic E-state index is 12.6. The van der Waals surface area contributed by atoms with Gasteiger partial charge in [0.25, 0.3) is 5.89 Å². The summed E-state index contributed by atoms with van der Waals surface area (Å²) in [5.74, 6) is 2.09. The van der Waals surface area contributed by atoms with Gasteiger partial charge in [0.15, 0.2) is 22.8 Å². The number of hydrogen-bond donors (Lipinski definition) is 0. The van der Waals surface area contributed by atoms with Crippen LogP contribution in [0, 0.1) is 0 Å². The second-order valence-corrected chi connectivity index (χ2v) is 6.39. The zero-order valence-corrected chi connectivity index (χ0v) is 17.4. The fourth-order valence-electron chi connectivity index (χ4n) is 3.20. The number of nitrogens with zero attached hydrogens (tertiary/aromatic N) is 2. The minimum Gasteiger partial charge on any atom is -0.493 e. The third kappa shape index (κ3) is 3.65. The Hall–Kier alpha value is -4.01. The van der Waals surface area contributed by atoms with Gasteiger partial charge >= 0.3 is 5.63 Å². The summed E-state index contributed by atoms with van der Waals surface area (Å²) in [6.07, 6.45) is 0. The van der Waals surface area contributed by atoms with E-state index in [-0.39, 0.29) is 17.3 Å². The van der Waals surface area contributed by atoms with Crippen molar-refractivity contribution in [2.45, 2.75) is 6.92 Å². The molecule has 0 spiro atoms. The van der Waals surface area contributed by atoms with E-state index in [1.54, 1.807) is 30.3 Å². The van der Waals surface area contributed by atoms with Crippen molar-refractivity contribution < 1.29 is 27.9 Å². The molecule has 31 heavy (non-hydrogen) atoms. The third-order valence-electron chi connectivity index (χ3n) is 4.60. The van der Waals surface area contributed by atoms with Crippen LogP contribution in [-0.4, -0.2) is 38.1 Å². The number of rotatable bonds is 7. The van der Waals surface area contributed by atoms with Gasteiger partial charge in [-0.05, 0) is 31.2 Å². The Labute approximate surface area is 177 Å². The maximum absolute atomic E-state index is 12.6. The highest BCUT2D eigenvalue weighted by molar-refractivity contribution is 5.85. The summed E-state index contributed by atoms with van der Waals surface area (Å²) in [6, 6.07) is 10.4. The highest BCUT2D eigenvalue weighted by Crippen LogP contribution is 2.40. The molecule has 0 saturated heterocycles. The van der Waals surface area contributed by atoms with Crippen molar-refractivity contribution in [2.24, 2.45) is 0 Å². The summed E-state index contributed by atoms with van der Waals surface area (Å²) in [5.41, 5.74) is 0.461. The molecule has 0 aliphatic heterocycles. The molecule has 9 nitrogen and oxygen atoms in total. The van der Waals surface area contributed by atoms with Gasteiger partial charge in [-0.15, -0.1) is 0 Å². The summed E-state index contributed by atoms with van der Waals surface area (Å²) in [5, 5.41) is 4.67. The van der Waals surface area contributed by atoms with Crippen molar-refractivity contribution in [1.29, 1.82) is 0 Å². The van der Waals surface area contributed by atoms with Crippen LogP contribution in [0.25, 0.3) is 33.8 Å². The first-order valence-electron chi connectivity index (χ1n) is 9.43. The predicted octanol–water partition coefficient (Wildman–Crippen LogP) is 3.93. The molecule has 4 rings (SSSR count). The van der Waals surface area contributed by atoms with Crippen LogP contribution >= 0.6 is 0 Å². The number of aromatic nitrogens is 2. The summed E-state index contributed by atoms with van der Waals surface area (Å²) < 4.78 is 32.4. The number of fused-ring (bicyclic) bond motifs is 1. The Kier molecular flexibility index (Phi) is 5.48. The lowest BCUT2D eigenvalue weighted by molar-refractivity contribution is 0.324. The molecule has 4 aromatic rings. The predicted molar refractivity (Wildman–Crippen MR) is 112 cm³/mol. The van der Waals surface area contributed by atoms with E-state index < -0.39 is 5.63 Å². The molecular weight excluding hydrogens is 404 g/mol. The minimum absolute atomic E-state index is 0.0289. The molecule has 2 aromatic carbocycles. The summed E-state index contributed by atoms with van der Waals surface area (Å²) in [7, 11) is 4.54. The third-order valence-corrected chi connectivity index (χ3v) is 4.60. The second kappa shape index (κ2) is 8.39. The lowest BCUT2D eigenvalue weighted by atomic mass is 10.1. The zero-order valence-electron chi connectivity index (χ0n) is 17.4. The highest BCUT2D eigenvalue weighted by atomic mass is 16.5. The first kappa shape index (κ1) is 20.3. The van der Waals surface area contributed by atoms with Crippen LogP contribution in [0.2, 0.25) is 0 Å². The maximum Gasteiger partial charge on any atom is 0.349 e. The van der Waals surface area contributed by atoms with Crippen molar-refractivity contribution >= 4 is 11.0 Å². The van der Waals surface area contributed by atoms with E-state index in [0.29, 0.717) is 46.1 Å². The van der Waals surface area contributed by atoms with E-state index in [2.05, 4.69) is 10.1 Å². The average Bonchev–Trinajstić information content (AvgIpc) is 3.28. The molecule has 2 heterocycles. The lowest BCUT2D eigenvalue weighted by Crippen LogP contribution is -2.04. The summed E-state index contributed by atoms with van der Waals surface area (Å²) in [6.45, 7) is 2.31. The van der Waals surface area contributed by atoms with Crippen molar-refractivity contribution in [3.8, 4) is 45.8 Å². The SMILES string of the molecule is CCOc1cccc2cc(-c3nc(-c4cc(OC)c(OC)c(OC)c4)no3)c(=O)oc12. The van der Waals surface area contributed by atoms with Crippen LogP contribution in [0.4, 0.5) is 0 Å². The Bertz CT molecular complexity index is 1270. The fourth-order valence-corrected chi connectivity index (χ4v) is 3.20. The van der Waals surface area contributed by atoms with E-state index in [4.69, 9.17) is 27.9 Å². The molecule has 0 aliphatic carbocycles. The number of ether oxygens (including phenoxy) is 4. The van der Waals surface area contributed by atoms with E-state index in [9.17, 15) is 4.79 Å². The Morgan fingerprint density at radius 3 is 2.35 bits per heavy atom. The van der Waals surface area contributed by atoms with Gasteiger partial charge in [-0.2, -0.15) is 4.98 Å². The summed E-state index contributed by atoms with van der Waals surface area (Å²) in [4.78, 5) is 17.0. The number of hydrogen-bond acceptors (Lipinski definition) is 9. The molecule has 0 bridgehead atoms. The largest absolute Gasteiger partial charge is 0.493 e. The Morgan fingerprint density at radius 2 is 1.71 bits per heavy atom. The van der Waals surface area contributed by atoms with Gasteiger partial charge in [-0.25, -0.2) is 4.79 Å². The minimum atomic E-state index is -0.611. The van der Waals surface area contributed by atoms with Crippen LogP contribution in [0.1, 0.15) is 6.92 Å². The van der Waals surface area contributed by atoms with Gasteiger partial charge in [0.1, 0.15) is 5.56 Å². The Morgan fingerprint density at radius 1 is 0.968 bits per heavy atom. The number of benzene rings is 2. The van der Waals surface area contributed by atoms with Crippen LogP contribution in [-0.2, 0) is 0 Å². The summed E-state index contributed by atoms with van der Waals surface area (Å²) >= 11 is 0. The van der Waals surface area contributed by atoms with Crippen molar-refractivity contribution in [1.82, 2.24) is 10.1 Å². The van der Waals surface area contributed by atoms with Crippen LogP contribution in [0.3, 0.4) is 0 Å². The Balaban J connectivity index is 1.78. The van der Waals surface area contributed by atoms with E-state index >= 15 is 0 Å². The van der Waals surface area contributed by atoms with Gasteiger partial charge in [0.2, 0.25) is 11.6 Å². The van der Waals surface area contributed by atoms with Crippen LogP contribution in [0.5, 0.6) is 23.0 Å². The van der Waals surface area contributed by atoms with Crippen molar-refractivity contribution in [2.75, 3.05) is 27.9 Å². The topological polar surface area (TPSA) is 106 Å². The normalized spacial score (nSPS) is 10.8.